The molecular formula is C14H13FN4O2. The minimum Gasteiger partial charge on any atom is -0.381 e. The Balaban J connectivity index is 2.27. The highest BCUT2D eigenvalue weighted by Crippen LogP contribution is 2.14. The molecule has 0 aliphatic rings. The van der Waals surface area contributed by atoms with Crippen LogP contribution in [0.3, 0.4) is 0 Å². The van der Waals surface area contributed by atoms with Gasteiger partial charge in [0.25, 0.3) is 5.56 Å². The smallest absolute Gasteiger partial charge is 0.330 e. The highest BCUT2D eigenvalue weighted by atomic mass is 19.1. The lowest BCUT2D eigenvalue weighted by Gasteiger charge is -2.09. The van der Waals surface area contributed by atoms with Crippen molar-refractivity contribution in [3.63, 3.8) is 0 Å². The van der Waals surface area contributed by atoms with Crippen molar-refractivity contribution in [2.24, 2.45) is 14.1 Å². The summed E-state index contributed by atoms with van der Waals surface area (Å²) >= 11 is 0. The molecule has 0 radical (unpaired) electrons. The second-order valence-electron chi connectivity index (χ2n) is 4.57. The van der Waals surface area contributed by atoms with E-state index in [0.717, 1.165) is 4.57 Å². The van der Waals surface area contributed by atoms with Gasteiger partial charge in [-0.3, -0.25) is 9.36 Å². The Morgan fingerprint density at radius 2 is 2.05 bits per heavy atom. The molecular weight excluding hydrogens is 275 g/mol. The number of halogens is 1. The van der Waals surface area contributed by atoms with Gasteiger partial charge in [-0.15, -0.1) is 0 Å². The Hall–Kier alpha value is -2.88. The molecule has 1 heterocycles. The lowest BCUT2D eigenvalue weighted by atomic mass is 10.2. The summed E-state index contributed by atoms with van der Waals surface area (Å²) in [4.78, 5) is 23.5. The van der Waals surface area contributed by atoms with Gasteiger partial charge in [0.05, 0.1) is 11.1 Å². The summed E-state index contributed by atoms with van der Waals surface area (Å²) in [6, 6.07) is 5.76. The molecule has 1 aromatic heterocycles. The predicted octanol–water partition coefficient (Wildman–Crippen LogP) is 0.707. The van der Waals surface area contributed by atoms with E-state index in [1.165, 1.54) is 36.0 Å². The van der Waals surface area contributed by atoms with E-state index in [-0.39, 0.29) is 12.1 Å². The van der Waals surface area contributed by atoms with Gasteiger partial charge in [-0.25, -0.2) is 9.18 Å². The van der Waals surface area contributed by atoms with E-state index in [2.05, 4.69) is 5.32 Å². The Labute approximate surface area is 119 Å². The van der Waals surface area contributed by atoms with Crippen LogP contribution in [0.5, 0.6) is 0 Å². The van der Waals surface area contributed by atoms with E-state index in [1.807, 2.05) is 0 Å². The number of aromatic nitrogens is 2. The average molecular weight is 288 g/mol. The number of anilines is 1. The molecule has 2 rings (SSSR count). The number of benzene rings is 1. The Morgan fingerprint density at radius 3 is 2.71 bits per heavy atom. The highest BCUT2D eigenvalue weighted by Gasteiger charge is 2.07. The van der Waals surface area contributed by atoms with Gasteiger partial charge in [-0.1, -0.05) is 0 Å². The normalized spacial score (nSPS) is 10.2. The minimum atomic E-state index is -0.596. The molecule has 0 atom stereocenters. The fourth-order valence-corrected chi connectivity index (χ4v) is 1.92. The third kappa shape index (κ3) is 2.84. The van der Waals surface area contributed by atoms with E-state index in [0.29, 0.717) is 11.3 Å². The Bertz CT molecular complexity index is 846. The zero-order valence-electron chi connectivity index (χ0n) is 11.6. The van der Waals surface area contributed by atoms with Gasteiger partial charge in [0.2, 0.25) is 0 Å². The van der Waals surface area contributed by atoms with E-state index in [4.69, 9.17) is 5.26 Å². The van der Waals surface area contributed by atoms with Gasteiger partial charge in [0, 0.05) is 32.5 Å². The molecule has 21 heavy (non-hydrogen) atoms. The molecule has 0 aliphatic carbocycles. The van der Waals surface area contributed by atoms with Crippen molar-refractivity contribution >= 4 is 5.69 Å². The Kier molecular flexibility index (Phi) is 3.89. The highest BCUT2D eigenvalue weighted by molar-refractivity contribution is 5.50. The summed E-state index contributed by atoms with van der Waals surface area (Å²) in [5.74, 6) is -0.596. The third-order valence-electron chi connectivity index (χ3n) is 3.09. The molecule has 0 saturated heterocycles. The first kappa shape index (κ1) is 14.5. The summed E-state index contributed by atoms with van der Waals surface area (Å²) in [5.41, 5.74) is 0.0326. The lowest BCUT2D eigenvalue weighted by molar-refractivity contribution is 0.624. The Morgan fingerprint density at radius 1 is 1.33 bits per heavy atom. The molecule has 1 aromatic carbocycles. The number of nitrogens with zero attached hydrogens (tertiary/aromatic N) is 3. The van der Waals surface area contributed by atoms with Crippen LogP contribution in [0, 0.1) is 17.1 Å². The molecule has 6 nitrogen and oxygen atoms in total. The second kappa shape index (κ2) is 5.63. The average Bonchev–Trinajstić information content (AvgIpc) is 2.48. The van der Waals surface area contributed by atoms with Gasteiger partial charge >= 0.3 is 5.69 Å². The fourth-order valence-electron chi connectivity index (χ4n) is 1.92. The molecule has 7 heteroatoms. The van der Waals surface area contributed by atoms with Crippen molar-refractivity contribution < 1.29 is 4.39 Å². The molecule has 0 saturated carbocycles. The number of hydrogen-bond acceptors (Lipinski definition) is 4. The van der Waals surface area contributed by atoms with Crippen LogP contribution >= 0.6 is 0 Å². The van der Waals surface area contributed by atoms with Gasteiger partial charge in [0.1, 0.15) is 11.9 Å². The molecule has 0 aliphatic heterocycles. The van der Waals surface area contributed by atoms with Crippen molar-refractivity contribution in [2.75, 3.05) is 5.32 Å². The summed E-state index contributed by atoms with van der Waals surface area (Å²) in [5, 5.41) is 11.7. The van der Waals surface area contributed by atoms with Crippen LogP contribution in [-0.2, 0) is 20.6 Å². The van der Waals surface area contributed by atoms with Crippen LogP contribution in [0.1, 0.15) is 11.1 Å². The fraction of sp³-hybridized carbons (Fsp3) is 0.214. The molecule has 0 unspecified atom stereocenters. The topological polar surface area (TPSA) is 79.8 Å². The largest absolute Gasteiger partial charge is 0.381 e. The maximum atomic E-state index is 13.2. The van der Waals surface area contributed by atoms with Crippen LogP contribution < -0.4 is 16.6 Å². The number of nitriles is 1. The molecule has 0 fully saturated rings. The standard InChI is InChI=1S/C14H13FN4O2/c1-18-8-10(13(20)19(2)14(18)21)7-17-11-3-4-12(15)9(5-11)6-16/h3-5,8,17H,7H2,1-2H3. The van der Waals surface area contributed by atoms with Crippen molar-refractivity contribution in [2.45, 2.75) is 6.54 Å². The van der Waals surface area contributed by atoms with E-state index in [9.17, 15) is 14.0 Å². The van der Waals surface area contributed by atoms with Crippen molar-refractivity contribution in [1.82, 2.24) is 9.13 Å². The summed E-state index contributed by atoms with van der Waals surface area (Å²) in [7, 11) is 2.96. The van der Waals surface area contributed by atoms with Crippen LogP contribution in [0.4, 0.5) is 10.1 Å². The zero-order chi connectivity index (χ0) is 15.6. The van der Waals surface area contributed by atoms with Crippen LogP contribution in [0.25, 0.3) is 0 Å². The molecule has 0 bridgehead atoms. The van der Waals surface area contributed by atoms with Crippen molar-refractivity contribution in [3.05, 3.63) is 62.2 Å². The van der Waals surface area contributed by atoms with Gasteiger partial charge in [-0.05, 0) is 18.2 Å². The SMILES string of the molecule is Cn1cc(CNc2ccc(F)c(C#N)c2)c(=O)n(C)c1=O. The van der Waals surface area contributed by atoms with Crippen LogP contribution in [-0.4, -0.2) is 9.13 Å². The maximum Gasteiger partial charge on any atom is 0.330 e. The molecule has 2 aromatic rings. The van der Waals surface area contributed by atoms with Crippen LogP contribution in [0.2, 0.25) is 0 Å². The molecule has 0 amide bonds. The first-order valence-electron chi connectivity index (χ1n) is 6.13. The number of hydrogen-bond donors (Lipinski definition) is 1. The second-order valence-corrected chi connectivity index (χ2v) is 4.57. The number of nitrogens with one attached hydrogen (secondary N) is 1. The van der Waals surface area contributed by atoms with E-state index < -0.39 is 17.1 Å². The van der Waals surface area contributed by atoms with Crippen molar-refractivity contribution in [1.29, 1.82) is 5.26 Å². The number of aryl methyl sites for hydroxylation is 1. The van der Waals surface area contributed by atoms with Gasteiger partial charge in [-0.2, -0.15) is 5.26 Å². The third-order valence-corrected chi connectivity index (χ3v) is 3.09. The summed E-state index contributed by atoms with van der Waals surface area (Å²) in [6.07, 6.45) is 1.45. The minimum absolute atomic E-state index is 0.0756. The molecule has 108 valence electrons. The van der Waals surface area contributed by atoms with Gasteiger partial charge in [0.15, 0.2) is 0 Å². The quantitative estimate of drug-likeness (QED) is 0.902. The summed E-state index contributed by atoms with van der Waals surface area (Å²) in [6.45, 7) is 0.164. The molecule has 0 spiro atoms. The first-order chi connectivity index (χ1) is 9.93. The van der Waals surface area contributed by atoms with E-state index in [1.54, 1.807) is 13.1 Å². The maximum absolute atomic E-state index is 13.2. The molecule has 1 N–H and O–H groups in total. The monoisotopic (exact) mass is 288 g/mol. The lowest BCUT2D eigenvalue weighted by Crippen LogP contribution is -2.38. The van der Waals surface area contributed by atoms with Crippen LogP contribution in [0.15, 0.2) is 34.0 Å². The van der Waals surface area contributed by atoms with E-state index >= 15 is 0 Å². The summed E-state index contributed by atoms with van der Waals surface area (Å²) < 4.78 is 15.5. The van der Waals surface area contributed by atoms with Gasteiger partial charge < -0.3 is 9.88 Å². The van der Waals surface area contributed by atoms with Crippen molar-refractivity contribution in [3.8, 4) is 6.07 Å². The zero-order valence-corrected chi connectivity index (χ0v) is 11.6. The first-order valence-corrected chi connectivity index (χ1v) is 6.13. The predicted molar refractivity (Wildman–Crippen MR) is 75.4 cm³/mol. The number of rotatable bonds is 3.